The number of pyridine rings is 1. The average molecular weight is 338 g/mol. The lowest BCUT2D eigenvalue weighted by atomic mass is 10.1. The van der Waals surface area contributed by atoms with Crippen LogP contribution in [-0.2, 0) is 4.74 Å². The van der Waals surface area contributed by atoms with Crippen LogP contribution in [0.4, 0.5) is 5.82 Å². The molecule has 0 saturated carbocycles. The first-order valence-electron chi connectivity index (χ1n) is 8.10. The Hall–Kier alpha value is -3.00. The zero-order chi connectivity index (χ0) is 17.2. The Morgan fingerprint density at radius 1 is 1.36 bits per heavy atom. The van der Waals surface area contributed by atoms with E-state index in [1.807, 2.05) is 25.2 Å². The van der Waals surface area contributed by atoms with Gasteiger partial charge in [0.25, 0.3) is 5.91 Å². The number of aromatic nitrogens is 4. The monoisotopic (exact) mass is 338 g/mol. The Kier molecular flexibility index (Phi) is 4.02. The van der Waals surface area contributed by atoms with E-state index in [9.17, 15) is 4.79 Å². The largest absolute Gasteiger partial charge is 0.373 e. The van der Waals surface area contributed by atoms with E-state index >= 15 is 0 Å². The van der Waals surface area contributed by atoms with Gasteiger partial charge in [0.15, 0.2) is 5.65 Å². The highest BCUT2D eigenvalue weighted by Crippen LogP contribution is 2.23. The van der Waals surface area contributed by atoms with Crippen LogP contribution in [0.1, 0.15) is 22.2 Å². The molecule has 128 valence electrons. The summed E-state index contributed by atoms with van der Waals surface area (Å²) in [5.41, 5.74) is 1.87. The maximum Gasteiger partial charge on any atom is 0.259 e. The van der Waals surface area contributed by atoms with Crippen molar-refractivity contribution in [3.8, 4) is 0 Å². The minimum absolute atomic E-state index is 0.0910. The number of morpholine rings is 1. The molecule has 1 atom stereocenters. The van der Waals surface area contributed by atoms with E-state index in [0.717, 1.165) is 11.5 Å². The summed E-state index contributed by atoms with van der Waals surface area (Å²) in [6.45, 7) is 1.45. The highest BCUT2D eigenvalue weighted by molar-refractivity contribution is 5.99. The van der Waals surface area contributed by atoms with Crippen molar-refractivity contribution in [1.82, 2.24) is 24.5 Å². The van der Waals surface area contributed by atoms with Crippen LogP contribution in [0.3, 0.4) is 0 Å². The predicted molar refractivity (Wildman–Crippen MR) is 91.4 cm³/mol. The van der Waals surface area contributed by atoms with Crippen molar-refractivity contribution in [1.29, 1.82) is 0 Å². The van der Waals surface area contributed by atoms with Gasteiger partial charge in [0, 0.05) is 26.0 Å². The van der Waals surface area contributed by atoms with Crippen LogP contribution in [0.5, 0.6) is 0 Å². The van der Waals surface area contributed by atoms with Crippen LogP contribution in [0.15, 0.2) is 42.9 Å². The zero-order valence-corrected chi connectivity index (χ0v) is 13.8. The van der Waals surface area contributed by atoms with Gasteiger partial charge in [-0.1, -0.05) is 6.07 Å². The Morgan fingerprint density at radius 3 is 3.16 bits per heavy atom. The number of ether oxygens (including phenoxy) is 1. The van der Waals surface area contributed by atoms with Crippen LogP contribution >= 0.6 is 0 Å². The van der Waals surface area contributed by atoms with E-state index in [1.165, 1.54) is 0 Å². The first-order valence-corrected chi connectivity index (χ1v) is 8.10. The lowest BCUT2D eigenvalue weighted by Gasteiger charge is -2.32. The number of nitrogens with one attached hydrogen (secondary N) is 1. The normalized spacial score (nSPS) is 17.6. The minimum Gasteiger partial charge on any atom is -0.373 e. The predicted octanol–water partition coefficient (Wildman–Crippen LogP) is 1.38. The van der Waals surface area contributed by atoms with Gasteiger partial charge in [-0.05, 0) is 18.2 Å². The van der Waals surface area contributed by atoms with Crippen LogP contribution < -0.4 is 5.32 Å². The molecular formula is C17H18N6O2. The van der Waals surface area contributed by atoms with Gasteiger partial charge >= 0.3 is 0 Å². The van der Waals surface area contributed by atoms with E-state index in [4.69, 9.17) is 4.74 Å². The number of carbonyl (C=O) groups excluding carboxylic acids is 1. The number of hydrogen-bond donors (Lipinski definition) is 1. The highest BCUT2D eigenvalue weighted by Gasteiger charge is 2.28. The van der Waals surface area contributed by atoms with Gasteiger partial charge < -0.3 is 15.0 Å². The summed E-state index contributed by atoms with van der Waals surface area (Å²) in [7, 11) is 1.82. The third kappa shape index (κ3) is 2.91. The van der Waals surface area contributed by atoms with Crippen LogP contribution in [0, 0.1) is 0 Å². The van der Waals surface area contributed by atoms with Gasteiger partial charge in [-0.25, -0.2) is 14.5 Å². The van der Waals surface area contributed by atoms with E-state index in [1.54, 1.807) is 34.1 Å². The van der Waals surface area contributed by atoms with Crippen molar-refractivity contribution >= 4 is 17.4 Å². The second-order valence-corrected chi connectivity index (χ2v) is 5.75. The standard InChI is InChI=1S/C17H18N6O2/c1-18-15-5-2-4-13(21-15)14-11-22(8-9-25-14)17(24)12-10-20-23-7-3-6-19-16(12)23/h2-7,10,14H,8-9,11H2,1H3,(H,18,21). The summed E-state index contributed by atoms with van der Waals surface area (Å²) in [4.78, 5) is 23.5. The maximum atomic E-state index is 12.9. The Balaban J connectivity index is 1.57. The van der Waals surface area contributed by atoms with Gasteiger partial charge in [-0.15, -0.1) is 0 Å². The van der Waals surface area contributed by atoms with Gasteiger partial charge in [0.05, 0.1) is 25.0 Å². The Bertz CT molecular complexity index is 909. The fourth-order valence-electron chi connectivity index (χ4n) is 2.93. The molecule has 0 bridgehead atoms. The molecule has 1 unspecified atom stereocenters. The van der Waals surface area contributed by atoms with E-state index in [2.05, 4.69) is 20.4 Å². The van der Waals surface area contributed by atoms with Crippen LogP contribution in [0.2, 0.25) is 0 Å². The van der Waals surface area contributed by atoms with Gasteiger partial charge in [0.2, 0.25) is 0 Å². The number of nitrogens with zero attached hydrogens (tertiary/aromatic N) is 5. The quantitative estimate of drug-likeness (QED) is 0.777. The zero-order valence-electron chi connectivity index (χ0n) is 13.8. The summed E-state index contributed by atoms with van der Waals surface area (Å²) in [5.74, 6) is 0.683. The summed E-state index contributed by atoms with van der Waals surface area (Å²) >= 11 is 0. The fraction of sp³-hybridized carbons (Fsp3) is 0.294. The van der Waals surface area contributed by atoms with E-state index in [0.29, 0.717) is 30.9 Å². The summed E-state index contributed by atoms with van der Waals surface area (Å²) < 4.78 is 7.43. The molecule has 25 heavy (non-hydrogen) atoms. The fourth-order valence-corrected chi connectivity index (χ4v) is 2.93. The number of carbonyl (C=O) groups is 1. The van der Waals surface area contributed by atoms with Crippen molar-refractivity contribution in [2.45, 2.75) is 6.10 Å². The van der Waals surface area contributed by atoms with Gasteiger partial charge in [-0.3, -0.25) is 4.79 Å². The average Bonchev–Trinajstić information content (AvgIpc) is 3.11. The number of fused-ring (bicyclic) bond motifs is 1. The Labute approximate surface area is 144 Å². The van der Waals surface area contributed by atoms with Crippen molar-refractivity contribution in [2.24, 2.45) is 0 Å². The van der Waals surface area contributed by atoms with E-state index in [-0.39, 0.29) is 12.0 Å². The minimum atomic E-state index is -0.249. The molecule has 1 aliphatic rings. The maximum absolute atomic E-state index is 12.9. The number of anilines is 1. The molecule has 3 aromatic heterocycles. The van der Waals surface area contributed by atoms with Crippen molar-refractivity contribution < 1.29 is 9.53 Å². The third-order valence-corrected chi connectivity index (χ3v) is 4.22. The van der Waals surface area contributed by atoms with Gasteiger partial charge in [0.1, 0.15) is 17.5 Å². The second-order valence-electron chi connectivity index (χ2n) is 5.75. The molecule has 1 fully saturated rings. The lowest BCUT2D eigenvalue weighted by molar-refractivity contribution is -0.0246. The SMILES string of the molecule is CNc1cccc(C2CN(C(=O)c3cnn4cccnc34)CCO2)n1. The molecule has 4 heterocycles. The molecule has 1 saturated heterocycles. The smallest absolute Gasteiger partial charge is 0.259 e. The molecule has 0 radical (unpaired) electrons. The molecule has 0 aromatic carbocycles. The first kappa shape index (κ1) is 15.5. The second kappa shape index (κ2) is 6.48. The third-order valence-electron chi connectivity index (χ3n) is 4.22. The molecule has 3 aromatic rings. The molecule has 0 spiro atoms. The number of amides is 1. The van der Waals surface area contributed by atoms with Crippen molar-refractivity contribution in [3.05, 3.63) is 54.1 Å². The van der Waals surface area contributed by atoms with Gasteiger partial charge in [-0.2, -0.15) is 5.10 Å². The summed E-state index contributed by atoms with van der Waals surface area (Å²) in [5, 5.41) is 7.21. The molecule has 1 amide bonds. The summed E-state index contributed by atoms with van der Waals surface area (Å²) in [6.07, 6.45) is 4.74. The molecule has 8 heteroatoms. The molecule has 1 aliphatic heterocycles. The van der Waals surface area contributed by atoms with Crippen LogP contribution in [0.25, 0.3) is 5.65 Å². The van der Waals surface area contributed by atoms with Crippen molar-refractivity contribution in [2.75, 3.05) is 32.1 Å². The van der Waals surface area contributed by atoms with Crippen molar-refractivity contribution in [3.63, 3.8) is 0 Å². The number of rotatable bonds is 3. The highest BCUT2D eigenvalue weighted by atomic mass is 16.5. The molecule has 4 rings (SSSR count). The summed E-state index contributed by atoms with van der Waals surface area (Å²) in [6, 6.07) is 7.50. The molecule has 8 nitrogen and oxygen atoms in total. The van der Waals surface area contributed by atoms with E-state index < -0.39 is 0 Å². The molecular weight excluding hydrogens is 320 g/mol. The molecule has 1 N–H and O–H groups in total. The number of hydrogen-bond acceptors (Lipinski definition) is 6. The Morgan fingerprint density at radius 2 is 2.28 bits per heavy atom. The van der Waals surface area contributed by atoms with Crippen LogP contribution in [-0.4, -0.2) is 57.1 Å². The topological polar surface area (TPSA) is 84.7 Å². The lowest BCUT2D eigenvalue weighted by Crippen LogP contribution is -2.42. The molecule has 0 aliphatic carbocycles. The first-order chi connectivity index (χ1) is 12.3.